The molecule has 0 aliphatic heterocycles. The summed E-state index contributed by atoms with van der Waals surface area (Å²) in [5, 5.41) is 6.86. The summed E-state index contributed by atoms with van der Waals surface area (Å²) in [7, 11) is 1.79. The number of guanidine groups is 1. The van der Waals surface area contributed by atoms with Gasteiger partial charge in [-0.25, -0.2) is 0 Å². The van der Waals surface area contributed by atoms with Gasteiger partial charge in [0.25, 0.3) is 0 Å². The molecule has 0 radical (unpaired) electrons. The van der Waals surface area contributed by atoms with Crippen LogP contribution in [0.1, 0.15) is 58.3 Å². The van der Waals surface area contributed by atoms with Gasteiger partial charge in [-0.1, -0.05) is 18.1 Å². The van der Waals surface area contributed by atoms with Gasteiger partial charge >= 0.3 is 0 Å². The van der Waals surface area contributed by atoms with Gasteiger partial charge in [0.1, 0.15) is 0 Å². The van der Waals surface area contributed by atoms with Gasteiger partial charge in [0.2, 0.25) is 0 Å². The molecule has 0 atom stereocenters. The van der Waals surface area contributed by atoms with Crippen LogP contribution in [0.25, 0.3) is 0 Å². The van der Waals surface area contributed by atoms with Crippen LogP contribution in [0.4, 0.5) is 0 Å². The van der Waals surface area contributed by atoms with E-state index in [2.05, 4.69) is 23.6 Å². The van der Waals surface area contributed by atoms with Crippen LogP contribution in [0.15, 0.2) is 16.6 Å². The zero-order valence-corrected chi connectivity index (χ0v) is 17.2. The van der Waals surface area contributed by atoms with E-state index in [0.717, 1.165) is 45.0 Å². The molecule has 2 rings (SSSR count). The predicted molar refractivity (Wildman–Crippen MR) is 109 cm³/mol. The Morgan fingerprint density at radius 3 is 2.70 bits per heavy atom. The summed E-state index contributed by atoms with van der Waals surface area (Å²) < 4.78 is 5.26. The van der Waals surface area contributed by atoms with Crippen molar-refractivity contribution in [1.29, 1.82) is 0 Å². The van der Waals surface area contributed by atoms with Gasteiger partial charge in [-0.05, 0) is 57.3 Å². The van der Waals surface area contributed by atoms with Gasteiger partial charge in [0.05, 0.1) is 0 Å². The summed E-state index contributed by atoms with van der Waals surface area (Å²) in [4.78, 5) is 4.84. The fourth-order valence-electron chi connectivity index (χ4n) is 3.38. The zero-order valence-electron chi connectivity index (χ0n) is 14.8. The highest BCUT2D eigenvalue weighted by Gasteiger charge is 2.36. The van der Waals surface area contributed by atoms with Crippen molar-refractivity contribution in [2.24, 2.45) is 10.4 Å². The van der Waals surface area contributed by atoms with E-state index < -0.39 is 0 Å². The lowest BCUT2D eigenvalue weighted by atomic mass is 9.67. The molecular formula is C18H34IN3O. The lowest BCUT2D eigenvalue weighted by molar-refractivity contribution is 0.0778. The van der Waals surface area contributed by atoms with E-state index in [-0.39, 0.29) is 24.0 Å². The summed E-state index contributed by atoms with van der Waals surface area (Å²) in [6.07, 6.45) is 12.5. The Bertz CT molecular complexity index is 392. The Morgan fingerprint density at radius 2 is 2.13 bits per heavy atom. The fraction of sp³-hybridized carbons (Fsp3) is 0.833. The molecule has 23 heavy (non-hydrogen) atoms. The third kappa shape index (κ3) is 6.99. The first-order chi connectivity index (χ1) is 10.8. The van der Waals surface area contributed by atoms with Crippen LogP contribution in [-0.4, -0.2) is 39.3 Å². The van der Waals surface area contributed by atoms with Gasteiger partial charge in [-0.3, -0.25) is 4.99 Å². The standard InChI is InChI=1S/C18H33N3O.HI/c1-3-19-17(20-13-9-16-7-4-5-8-16)21-15-18(10-6-11-18)12-14-22-2;/h7H,3-6,8-15H2,1-2H3,(H2,19,20,21);1H. The summed E-state index contributed by atoms with van der Waals surface area (Å²) in [6, 6.07) is 0. The lowest BCUT2D eigenvalue weighted by Crippen LogP contribution is -2.40. The lowest BCUT2D eigenvalue weighted by Gasteiger charge is -2.40. The van der Waals surface area contributed by atoms with Crippen LogP contribution in [-0.2, 0) is 4.74 Å². The molecule has 0 bridgehead atoms. The van der Waals surface area contributed by atoms with E-state index in [1.165, 1.54) is 38.5 Å². The highest BCUT2D eigenvalue weighted by atomic mass is 127. The van der Waals surface area contributed by atoms with Crippen molar-refractivity contribution in [2.45, 2.75) is 58.3 Å². The van der Waals surface area contributed by atoms with Crippen molar-refractivity contribution in [3.8, 4) is 0 Å². The second-order valence-electron chi connectivity index (χ2n) is 6.72. The molecule has 0 aromatic carbocycles. The summed E-state index contributed by atoms with van der Waals surface area (Å²) in [5.41, 5.74) is 2.01. The van der Waals surface area contributed by atoms with Gasteiger partial charge in [0, 0.05) is 33.4 Å². The molecule has 0 aromatic heterocycles. The predicted octanol–water partition coefficient (Wildman–Crippen LogP) is 3.87. The normalized spacial score (nSPS) is 19.6. The van der Waals surface area contributed by atoms with Crippen molar-refractivity contribution in [1.82, 2.24) is 10.6 Å². The van der Waals surface area contributed by atoms with E-state index in [1.807, 2.05) is 0 Å². The van der Waals surface area contributed by atoms with Crippen molar-refractivity contribution < 1.29 is 4.74 Å². The van der Waals surface area contributed by atoms with Gasteiger partial charge in [0.15, 0.2) is 5.96 Å². The molecule has 5 heteroatoms. The highest BCUT2D eigenvalue weighted by molar-refractivity contribution is 14.0. The molecule has 0 unspecified atom stereocenters. The SMILES string of the molecule is CCNC(=NCC1(CCOC)CCC1)NCCC1=CCCC1.I. The van der Waals surface area contributed by atoms with Gasteiger partial charge < -0.3 is 15.4 Å². The minimum atomic E-state index is 0. The minimum absolute atomic E-state index is 0. The number of allylic oxidation sites excluding steroid dienone is 1. The second-order valence-corrected chi connectivity index (χ2v) is 6.72. The topological polar surface area (TPSA) is 45.7 Å². The number of nitrogens with one attached hydrogen (secondary N) is 2. The maximum Gasteiger partial charge on any atom is 0.191 e. The summed E-state index contributed by atoms with van der Waals surface area (Å²) >= 11 is 0. The molecule has 0 aromatic rings. The molecule has 0 spiro atoms. The van der Waals surface area contributed by atoms with Crippen molar-refractivity contribution >= 4 is 29.9 Å². The maximum atomic E-state index is 5.26. The molecule has 2 aliphatic carbocycles. The molecule has 2 aliphatic rings. The molecule has 1 saturated carbocycles. The molecule has 0 saturated heterocycles. The molecule has 2 N–H and O–H groups in total. The number of halogens is 1. The van der Waals surface area contributed by atoms with Crippen LogP contribution in [0.3, 0.4) is 0 Å². The van der Waals surface area contributed by atoms with Crippen LogP contribution in [0, 0.1) is 5.41 Å². The third-order valence-electron chi connectivity index (χ3n) is 5.04. The number of hydrogen-bond donors (Lipinski definition) is 2. The molecular weight excluding hydrogens is 401 g/mol. The fourth-order valence-corrected chi connectivity index (χ4v) is 3.38. The first kappa shape index (κ1) is 20.7. The van der Waals surface area contributed by atoms with Crippen molar-refractivity contribution in [3.63, 3.8) is 0 Å². The number of rotatable bonds is 9. The Hall–Kier alpha value is -0.300. The zero-order chi connectivity index (χ0) is 15.7. The van der Waals surface area contributed by atoms with E-state index in [9.17, 15) is 0 Å². The third-order valence-corrected chi connectivity index (χ3v) is 5.04. The first-order valence-electron chi connectivity index (χ1n) is 8.97. The summed E-state index contributed by atoms with van der Waals surface area (Å²) in [6.45, 7) is 5.81. The van der Waals surface area contributed by atoms with Gasteiger partial charge in [-0.15, -0.1) is 24.0 Å². The largest absolute Gasteiger partial charge is 0.385 e. The quantitative estimate of drug-likeness (QED) is 0.250. The Kier molecular flexibility index (Phi) is 10.2. The van der Waals surface area contributed by atoms with Crippen molar-refractivity contribution in [3.05, 3.63) is 11.6 Å². The van der Waals surface area contributed by atoms with Crippen LogP contribution < -0.4 is 10.6 Å². The van der Waals surface area contributed by atoms with Crippen LogP contribution in [0.5, 0.6) is 0 Å². The first-order valence-corrected chi connectivity index (χ1v) is 8.97. The molecule has 4 nitrogen and oxygen atoms in total. The number of methoxy groups -OCH3 is 1. The second kappa shape index (κ2) is 11.3. The van der Waals surface area contributed by atoms with Crippen molar-refractivity contribution in [2.75, 3.05) is 33.4 Å². The van der Waals surface area contributed by atoms with E-state index in [4.69, 9.17) is 9.73 Å². The summed E-state index contributed by atoms with van der Waals surface area (Å²) in [5.74, 6) is 0.977. The van der Waals surface area contributed by atoms with E-state index in [1.54, 1.807) is 12.7 Å². The average molecular weight is 435 g/mol. The Labute approximate surface area is 158 Å². The Balaban J connectivity index is 0.00000264. The highest BCUT2D eigenvalue weighted by Crippen LogP contribution is 2.44. The molecule has 0 amide bonds. The van der Waals surface area contributed by atoms with Crippen LogP contribution in [0.2, 0.25) is 0 Å². The smallest absolute Gasteiger partial charge is 0.191 e. The van der Waals surface area contributed by atoms with Crippen LogP contribution >= 0.6 is 24.0 Å². The van der Waals surface area contributed by atoms with E-state index in [0.29, 0.717) is 5.41 Å². The Morgan fingerprint density at radius 1 is 1.30 bits per heavy atom. The van der Waals surface area contributed by atoms with Gasteiger partial charge in [-0.2, -0.15) is 0 Å². The molecule has 134 valence electrons. The average Bonchev–Trinajstić information content (AvgIpc) is 2.99. The number of hydrogen-bond acceptors (Lipinski definition) is 2. The number of aliphatic imine (C=N–C) groups is 1. The maximum absolute atomic E-state index is 5.26. The minimum Gasteiger partial charge on any atom is -0.385 e. The molecule has 1 fully saturated rings. The van der Waals surface area contributed by atoms with E-state index >= 15 is 0 Å². The number of ether oxygens (including phenoxy) is 1. The number of nitrogens with zero attached hydrogens (tertiary/aromatic N) is 1. The molecule has 0 heterocycles. The monoisotopic (exact) mass is 435 g/mol.